The Morgan fingerprint density at radius 1 is 1.12 bits per heavy atom. The lowest BCUT2D eigenvalue weighted by Crippen LogP contribution is -2.24. The SMILES string of the molecule is Cc1ccc2occ(CC(=O)NCc3ccc4c(c3)OCO4)c2c1. The summed E-state index contributed by atoms with van der Waals surface area (Å²) in [4.78, 5) is 12.2. The third-order valence-corrected chi connectivity index (χ3v) is 4.09. The third kappa shape index (κ3) is 2.80. The van der Waals surface area contributed by atoms with Gasteiger partial charge in [0, 0.05) is 17.5 Å². The number of ether oxygens (including phenoxy) is 2. The molecule has 3 aromatic rings. The highest BCUT2D eigenvalue weighted by atomic mass is 16.7. The minimum Gasteiger partial charge on any atom is -0.464 e. The minimum atomic E-state index is -0.0446. The predicted octanol–water partition coefficient (Wildman–Crippen LogP) is 3.33. The standard InChI is InChI=1S/C19H17NO4/c1-12-2-4-16-15(6-12)14(10-22-16)8-19(21)20-9-13-3-5-17-18(7-13)24-11-23-17/h2-7,10H,8-9,11H2,1H3,(H,20,21). The number of benzene rings is 2. The Kier molecular flexibility index (Phi) is 3.61. The molecule has 2 heterocycles. The van der Waals surface area contributed by atoms with E-state index in [1.807, 2.05) is 43.3 Å². The molecule has 1 N–H and O–H groups in total. The molecule has 5 heteroatoms. The van der Waals surface area contributed by atoms with Crippen molar-refractivity contribution >= 4 is 16.9 Å². The maximum atomic E-state index is 12.2. The van der Waals surface area contributed by atoms with Crippen LogP contribution >= 0.6 is 0 Å². The number of nitrogens with one attached hydrogen (secondary N) is 1. The maximum Gasteiger partial charge on any atom is 0.231 e. The highest BCUT2D eigenvalue weighted by molar-refractivity contribution is 5.88. The molecule has 2 aromatic carbocycles. The highest BCUT2D eigenvalue weighted by Crippen LogP contribution is 2.32. The van der Waals surface area contributed by atoms with Gasteiger partial charge >= 0.3 is 0 Å². The number of carbonyl (C=O) groups is 1. The van der Waals surface area contributed by atoms with Gasteiger partial charge in [-0.2, -0.15) is 0 Å². The van der Waals surface area contributed by atoms with Gasteiger partial charge in [0.25, 0.3) is 0 Å². The Balaban J connectivity index is 1.42. The molecular weight excluding hydrogens is 306 g/mol. The molecular formula is C19H17NO4. The molecule has 1 amide bonds. The summed E-state index contributed by atoms with van der Waals surface area (Å²) in [5.41, 5.74) is 3.82. The molecule has 0 saturated carbocycles. The summed E-state index contributed by atoms with van der Waals surface area (Å²) in [7, 11) is 0. The van der Waals surface area contributed by atoms with Crippen molar-refractivity contribution in [2.45, 2.75) is 19.9 Å². The van der Waals surface area contributed by atoms with Gasteiger partial charge in [-0.15, -0.1) is 0 Å². The van der Waals surface area contributed by atoms with E-state index in [1.54, 1.807) is 6.26 Å². The second-order valence-corrected chi connectivity index (χ2v) is 5.90. The van der Waals surface area contributed by atoms with Gasteiger partial charge in [-0.25, -0.2) is 0 Å². The zero-order chi connectivity index (χ0) is 16.5. The predicted molar refractivity (Wildman–Crippen MR) is 89.1 cm³/mol. The van der Waals surface area contributed by atoms with Gasteiger partial charge in [0.15, 0.2) is 11.5 Å². The Labute approximate surface area is 139 Å². The van der Waals surface area contributed by atoms with Crippen molar-refractivity contribution in [1.82, 2.24) is 5.32 Å². The van der Waals surface area contributed by atoms with Crippen molar-refractivity contribution in [2.24, 2.45) is 0 Å². The van der Waals surface area contributed by atoms with Gasteiger partial charge in [-0.1, -0.05) is 17.7 Å². The monoisotopic (exact) mass is 323 g/mol. The molecule has 0 spiro atoms. The summed E-state index contributed by atoms with van der Waals surface area (Å²) in [6.07, 6.45) is 1.95. The largest absolute Gasteiger partial charge is 0.464 e. The van der Waals surface area contributed by atoms with Gasteiger partial charge in [-0.05, 0) is 36.8 Å². The van der Waals surface area contributed by atoms with E-state index in [2.05, 4.69) is 5.32 Å². The van der Waals surface area contributed by atoms with E-state index in [9.17, 15) is 4.79 Å². The lowest BCUT2D eigenvalue weighted by Gasteiger charge is -2.06. The highest BCUT2D eigenvalue weighted by Gasteiger charge is 2.14. The molecule has 0 fully saturated rings. The summed E-state index contributed by atoms with van der Waals surface area (Å²) >= 11 is 0. The Hall–Kier alpha value is -2.95. The van der Waals surface area contributed by atoms with E-state index in [-0.39, 0.29) is 12.7 Å². The molecule has 0 aliphatic carbocycles. The van der Waals surface area contributed by atoms with Crippen molar-refractivity contribution in [2.75, 3.05) is 6.79 Å². The lowest BCUT2D eigenvalue weighted by atomic mass is 10.1. The molecule has 122 valence electrons. The molecule has 1 aliphatic rings. The van der Waals surface area contributed by atoms with Crippen LogP contribution in [0.15, 0.2) is 47.1 Å². The van der Waals surface area contributed by atoms with Crippen molar-refractivity contribution in [3.63, 3.8) is 0 Å². The quantitative estimate of drug-likeness (QED) is 0.800. The first-order valence-electron chi connectivity index (χ1n) is 7.81. The molecule has 1 aliphatic heterocycles. The summed E-state index contributed by atoms with van der Waals surface area (Å²) < 4.78 is 16.1. The number of carbonyl (C=O) groups excluding carboxylic acids is 1. The molecule has 5 nitrogen and oxygen atoms in total. The number of furan rings is 1. The molecule has 0 saturated heterocycles. The second-order valence-electron chi connectivity index (χ2n) is 5.90. The molecule has 1 aromatic heterocycles. The van der Waals surface area contributed by atoms with E-state index >= 15 is 0 Å². The Morgan fingerprint density at radius 3 is 2.92 bits per heavy atom. The summed E-state index contributed by atoms with van der Waals surface area (Å²) in [5, 5.41) is 3.92. The van der Waals surface area contributed by atoms with E-state index < -0.39 is 0 Å². The fourth-order valence-electron chi connectivity index (χ4n) is 2.82. The molecule has 0 bridgehead atoms. The third-order valence-electron chi connectivity index (χ3n) is 4.09. The summed E-state index contributed by atoms with van der Waals surface area (Å²) in [5.74, 6) is 1.42. The van der Waals surface area contributed by atoms with Gasteiger partial charge < -0.3 is 19.2 Å². The number of aryl methyl sites for hydroxylation is 1. The minimum absolute atomic E-state index is 0.0446. The van der Waals surface area contributed by atoms with Crippen LogP contribution in [0.25, 0.3) is 11.0 Å². The summed E-state index contributed by atoms with van der Waals surface area (Å²) in [6, 6.07) is 11.6. The van der Waals surface area contributed by atoms with E-state index in [0.717, 1.165) is 39.2 Å². The van der Waals surface area contributed by atoms with Crippen LogP contribution in [0.3, 0.4) is 0 Å². The van der Waals surface area contributed by atoms with Crippen LogP contribution in [-0.2, 0) is 17.8 Å². The fourth-order valence-corrected chi connectivity index (χ4v) is 2.82. The number of amides is 1. The van der Waals surface area contributed by atoms with Gasteiger partial charge in [0.05, 0.1) is 12.7 Å². The molecule has 24 heavy (non-hydrogen) atoms. The van der Waals surface area contributed by atoms with Crippen LogP contribution in [-0.4, -0.2) is 12.7 Å². The number of hydrogen-bond donors (Lipinski definition) is 1. The summed E-state index contributed by atoms with van der Waals surface area (Å²) in [6.45, 7) is 2.72. The van der Waals surface area contributed by atoms with Gasteiger partial charge in [-0.3, -0.25) is 4.79 Å². The first-order valence-corrected chi connectivity index (χ1v) is 7.81. The first-order chi connectivity index (χ1) is 11.7. The lowest BCUT2D eigenvalue weighted by molar-refractivity contribution is -0.120. The van der Waals surface area contributed by atoms with E-state index in [0.29, 0.717) is 13.0 Å². The van der Waals surface area contributed by atoms with Crippen molar-refractivity contribution in [3.8, 4) is 11.5 Å². The fraction of sp³-hybridized carbons (Fsp3) is 0.211. The number of hydrogen-bond acceptors (Lipinski definition) is 4. The average Bonchev–Trinajstić information content (AvgIpc) is 3.19. The smallest absolute Gasteiger partial charge is 0.231 e. The average molecular weight is 323 g/mol. The van der Waals surface area contributed by atoms with Crippen LogP contribution in [0, 0.1) is 6.92 Å². The topological polar surface area (TPSA) is 60.7 Å². The number of rotatable bonds is 4. The number of fused-ring (bicyclic) bond motifs is 2. The van der Waals surface area contributed by atoms with Crippen molar-refractivity contribution in [1.29, 1.82) is 0 Å². The van der Waals surface area contributed by atoms with Crippen LogP contribution in [0.5, 0.6) is 11.5 Å². The molecule has 4 rings (SSSR count). The van der Waals surface area contributed by atoms with Crippen LogP contribution in [0.2, 0.25) is 0 Å². The zero-order valence-electron chi connectivity index (χ0n) is 13.3. The Bertz CT molecular complexity index is 913. The molecule has 0 unspecified atom stereocenters. The Morgan fingerprint density at radius 2 is 2.00 bits per heavy atom. The molecule has 0 radical (unpaired) electrons. The first kappa shape index (κ1) is 14.6. The van der Waals surface area contributed by atoms with Crippen molar-refractivity contribution < 1.29 is 18.7 Å². The van der Waals surface area contributed by atoms with Crippen molar-refractivity contribution in [3.05, 3.63) is 59.4 Å². The van der Waals surface area contributed by atoms with Crippen LogP contribution in [0.4, 0.5) is 0 Å². The van der Waals surface area contributed by atoms with Crippen LogP contribution in [0.1, 0.15) is 16.7 Å². The normalized spacial score (nSPS) is 12.5. The van der Waals surface area contributed by atoms with E-state index in [1.165, 1.54) is 0 Å². The van der Waals surface area contributed by atoms with Crippen LogP contribution < -0.4 is 14.8 Å². The maximum absolute atomic E-state index is 12.2. The second kappa shape index (κ2) is 5.92. The zero-order valence-corrected chi connectivity index (χ0v) is 13.3. The van der Waals surface area contributed by atoms with Gasteiger partial charge in [0.1, 0.15) is 5.58 Å². The van der Waals surface area contributed by atoms with Gasteiger partial charge in [0.2, 0.25) is 12.7 Å². The van der Waals surface area contributed by atoms with E-state index in [4.69, 9.17) is 13.9 Å². The molecule has 0 atom stereocenters.